The third-order valence-electron chi connectivity index (χ3n) is 3.76. The predicted octanol–water partition coefficient (Wildman–Crippen LogP) is 1.42. The fourth-order valence-corrected chi connectivity index (χ4v) is 2.47. The molecule has 24 heavy (non-hydrogen) atoms. The van der Waals surface area contributed by atoms with Gasteiger partial charge in [0.25, 0.3) is 5.91 Å². The van der Waals surface area contributed by atoms with Crippen molar-refractivity contribution in [1.82, 2.24) is 5.43 Å². The van der Waals surface area contributed by atoms with Crippen molar-refractivity contribution in [1.29, 1.82) is 0 Å². The molecule has 1 aliphatic heterocycles. The smallest absolute Gasteiger partial charge is 0.298 e. The maximum absolute atomic E-state index is 12.0. The van der Waals surface area contributed by atoms with Crippen molar-refractivity contribution in [3.8, 4) is 5.75 Å². The summed E-state index contributed by atoms with van der Waals surface area (Å²) in [4.78, 5) is 12.0. The molecule has 122 valence electrons. The van der Waals surface area contributed by atoms with Crippen molar-refractivity contribution in [3.05, 3.63) is 71.3 Å². The number of hydrogen-bond donors (Lipinski definition) is 2. The number of nitrogens with one attached hydrogen (secondary N) is 1. The van der Waals surface area contributed by atoms with E-state index < -0.39 is 0 Å². The molecule has 3 rings (SSSR count). The summed E-state index contributed by atoms with van der Waals surface area (Å²) < 4.78 is 5.64. The summed E-state index contributed by atoms with van der Waals surface area (Å²) in [5.41, 5.74) is 9.44. The van der Waals surface area contributed by atoms with Gasteiger partial charge in [-0.2, -0.15) is 5.10 Å². The van der Waals surface area contributed by atoms with E-state index >= 15 is 0 Å². The number of rotatable bonds is 5. The molecular formula is C19H20N3O2+. The molecule has 2 aromatic rings. The van der Waals surface area contributed by atoms with Crippen molar-refractivity contribution < 1.29 is 15.3 Å². The van der Waals surface area contributed by atoms with Crippen LogP contribution in [0.15, 0.2) is 65.3 Å². The Morgan fingerprint density at radius 3 is 2.79 bits per heavy atom. The van der Waals surface area contributed by atoms with Gasteiger partial charge >= 0.3 is 0 Å². The van der Waals surface area contributed by atoms with Crippen LogP contribution in [0, 0.1) is 0 Å². The highest BCUT2D eigenvalue weighted by Crippen LogP contribution is 2.24. The zero-order valence-electron chi connectivity index (χ0n) is 13.3. The van der Waals surface area contributed by atoms with Crippen LogP contribution in [0.5, 0.6) is 5.75 Å². The lowest BCUT2D eigenvalue weighted by Gasteiger charge is -2.15. The van der Waals surface area contributed by atoms with Crippen LogP contribution in [0.1, 0.15) is 11.1 Å². The Bertz CT molecular complexity index is 769. The highest BCUT2D eigenvalue weighted by Gasteiger charge is 2.17. The van der Waals surface area contributed by atoms with Crippen molar-refractivity contribution in [2.75, 3.05) is 6.61 Å². The van der Waals surface area contributed by atoms with Crippen LogP contribution < -0.4 is 15.9 Å². The lowest BCUT2D eigenvalue weighted by molar-refractivity contribution is -0.403. The number of nitrogens with zero attached hydrogens (tertiary/aromatic N) is 1. The Balaban J connectivity index is 1.54. The second-order valence-corrected chi connectivity index (χ2v) is 5.67. The van der Waals surface area contributed by atoms with E-state index in [4.69, 9.17) is 4.74 Å². The number of carbonyl (C=O) groups excluding carboxylic acids is 1. The number of benzene rings is 2. The molecule has 1 atom stereocenters. The van der Waals surface area contributed by atoms with E-state index in [1.54, 1.807) is 6.21 Å². The van der Waals surface area contributed by atoms with E-state index in [0.29, 0.717) is 13.0 Å². The summed E-state index contributed by atoms with van der Waals surface area (Å²) in [5, 5.41) is 4.02. The highest BCUT2D eigenvalue weighted by molar-refractivity contribution is 5.89. The summed E-state index contributed by atoms with van der Waals surface area (Å²) in [6.45, 7) is 0.439. The number of quaternary nitrogens is 1. The molecule has 0 unspecified atom stereocenters. The largest absolute Gasteiger partial charge is 0.488 e. The van der Waals surface area contributed by atoms with Gasteiger partial charge in [-0.3, -0.25) is 4.79 Å². The molecule has 0 aliphatic carbocycles. The molecule has 2 aromatic carbocycles. The summed E-state index contributed by atoms with van der Waals surface area (Å²) in [5.74, 6) is 0.659. The predicted molar refractivity (Wildman–Crippen MR) is 93.4 cm³/mol. The number of hydrazone groups is 1. The Morgan fingerprint density at radius 1 is 1.21 bits per heavy atom. The lowest BCUT2D eigenvalue weighted by atomic mass is 10.1. The first kappa shape index (κ1) is 16.0. The number of fused-ring (bicyclic) bond motifs is 1. The topological polar surface area (TPSA) is 78.3 Å². The van der Waals surface area contributed by atoms with E-state index in [0.717, 1.165) is 22.4 Å². The maximum Gasteiger partial charge on any atom is 0.298 e. The van der Waals surface area contributed by atoms with Gasteiger partial charge in [-0.1, -0.05) is 48.5 Å². The lowest BCUT2D eigenvalue weighted by Crippen LogP contribution is -2.68. The molecular weight excluding hydrogens is 302 g/mol. The molecule has 0 spiro atoms. The van der Waals surface area contributed by atoms with Gasteiger partial charge in [0.05, 0.1) is 6.21 Å². The van der Waals surface area contributed by atoms with Gasteiger partial charge in [0.2, 0.25) is 0 Å². The van der Waals surface area contributed by atoms with Gasteiger partial charge < -0.3 is 10.5 Å². The summed E-state index contributed by atoms with van der Waals surface area (Å²) >= 11 is 0. The van der Waals surface area contributed by atoms with Crippen LogP contribution in [0.25, 0.3) is 6.08 Å². The standard InChI is InChI=1S/C19H19N3O2/c20-17(11-14-6-2-1-3-7-14)19(23)22-21-12-15-10-16-8-4-5-9-18(16)24-13-15/h1-10,12,17H,11,13,20H2,(H,22,23)/p+1/b21-12-/t17-/m1/s1. The summed E-state index contributed by atoms with van der Waals surface area (Å²) in [7, 11) is 0. The third kappa shape index (κ3) is 4.08. The second kappa shape index (κ2) is 7.57. The van der Waals surface area contributed by atoms with Crippen molar-refractivity contribution in [2.45, 2.75) is 12.5 Å². The van der Waals surface area contributed by atoms with Crippen LogP contribution >= 0.6 is 0 Å². The Labute approximate surface area is 140 Å². The molecule has 5 nitrogen and oxygen atoms in total. The van der Waals surface area contributed by atoms with E-state index in [1.807, 2.05) is 60.7 Å². The van der Waals surface area contributed by atoms with Gasteiger partial charge in [-0.15, -0.1) is 0 Å². The van der Waals surface area contributed by atoms with Gasteiger partial charge in [-0.05, 0) is 17.7 Å². The maximum atomic E-state index is 12.0. The molecule has 0 saturated carbocycles. The minimum absolute atomic E-state index is 0.201. The average molecular weight is 322 g/mol. The van der Waals surface area contributed by atoms with Gasteiger partial charge in [0.15, 0.2) is 6.04 Å². The van der Waals surface area contributed by atoms with Crippen molar-refractivity contribution >= 4 is 18.2 Å². The first-order valence-electron chi connectivity index (χ1n) is 7.85. The van der Waals surface area contributed by atoms with Crippen LogP contribution in [-0.2, 0) is 11.2 Å². The van der Waals surface area contributed by atoms with Gasteiger partial charge in [-0.25, -0.2) is 5.43 Å². The normalized spacial score (nSPS) is 14.5. The molecule has 1 heterocycles. The Kier molecular flexibility index (Phi) is 5.03. The molecule has 5 heteroatoms. The fraction of sp³-hybridized carbons (Fsp3) is 0.158. The van der Waals surface area contributed by atoms with Gasteiger partial charge in [0.1, 0.15) is 12.4 Å². The minimum Gasteiger partial charge on any atom is -0.488 e. The van der Waals surface area contributed by atoms with Crippen LogP contribution in [0.4, 0.5) is 0 Å². The molecule has 4 N–H and O–H groups in total. The van der Waals surface area contributed by atoms with Crippen LogP contribution in [0.2, 0.25) is 0 Å². The van der Waals surface area contributed by atoms with E-state index in [-0.39, 0.29) is 11.9 Å². The zero-order chi connectivity index (χ0) is 16.8. The average Bonchev–Trinajstić information content (AvgIpc) is 2.62. The molecule has 0 fully saturated rings. The van der Waals surface area contributed by atoms with Crippen molar-refractivity contribution in [3.63, 3.8) is 0 Å². The molecule has 1 aliphatic rings. The fourth-order valence-electron chi connectivity index (χ4n) is 2.47. The first-order valence-corrected chi connectivity index (χ1v) is 7.85. The minimum atomic E-state index is -0.387. The highest BCUT2D eigenvalue weighted by atomic mass is 16.5. The number of hydrogen-bond acceptors (Lipinski definition) is 3. The quantitative estimate of drug-likeness (QED) is 0.645. The molecule has 0 aromatic heterocycles. The summed E-state index contributed by atoms with van der Waals surface area (Å²) in [6, 6.07) is 17.2. The third-order valence-corrected chi connectivity index (χ3v) is 3.76. The number of carbonyl (C=O) groups is 1. The van der Waals surface area contributed by atoms with Crippen molar-refractivity contribution in [2.24, 2.45) is 5.10 Å². The Hall–Kier alpha value is -2.92. The van der Waals surface area contributed by atoms with E-state index in [2.05, 4.69) is 16.3 Å². The van der Waals surface area contributed by atoms with Crippen LogP contribution in [0.3, 0.4) is 0 Å². The SMILES string of the molecule is [NH3+][C@H](Cc1ccccc1)C(=O)N/N=C\C1=Cc2ccccc2OC1. The zero-order valence-corrected chi connectivity index (χ0v) is 13.3. The van der Waals surface area contributed by atoms with Gasteiger partial charge in [0, 0.05) is 17.6 Å². The molecule has 1 amide bonds. The number of para-hydroxylation sites is 1. The molecule has 0 radical (unpaired) electrons. The molecule has 0 bridgehead atoms. The van der Waals surface area contributed by atoms with E-state index in [1.165, 1.54) is 0 Å². The molecule has 0 saturated heterocycles. The second-order valence-electron chi connectivity index (χ2n) is 5.67. The van der Waals surface area contributed by atoms with E-state index in [9.17, 15) is 4.79 Å². The number of amides is 1. The summed E-state index contributed by atoms with van der Waals surface area (Å²) in [6.07, 6.45) is 4.20. The first-order chi connectivity index (χ1) is 11.7. The Morgan fingerprint density at radius 2 is 1.96 bits per heavy atom. The monoisotopic (exact) mass is 322 g/mol. The van der Waals surface area contributed by atoms with Crippen LogP contribution in [-0.4, -0.2) is 24.8 Å². The number of ether oxygens (including phenoxy) is 1.